The average molecular weight is 696 g/mol. The summed E-state index contributed by atoms with van der Waals surface area (Å²) in [6.45, 7) is 4.72. The molecule has 1 aromatic heterocycles. The molecule has 1 aliphatic carbocycles. The number of fused-ring (bicyclic) bond motifs is 6. The highest BCUT2D eigenvalue weighted by atomic mass is 32.1. The van der Waals surface area contributed by atoms with Crippen LogP contribution in [0.25, 0.3) is 64.7 Å². The monoisotopic (exact) mass is 695 g/mol. The van der Waals surface area contributed by atoms with E-state index in [1.807, 2.05) is 11.3 Å². The third-order valence-electron chi connectivity index (χ3n) is 11.1. The maximum absolute atomic E-state index is 2.47. The zero-order valence-electron chi connectivity index (χ0n) is 29.8. The van der Waals surface area contributed by atoms with Crippen LogP contribution < -0.4 is 4.90 Å². The second-order valence-corrected chi connectivity index (χ2v) is 15.6. The van der Waals surface area contributed by atoms with E-state index >= 15 is 0 Å². The highest BCUT2D eigenvalue weighted by Gasteiger charge is 2.35. The van der Waals surface area contributed by atoms with Crippen molar-refractivity contribution in [1.82, 2.24) is 0 Å². The van der Waals surface area contributed by atoms with E-state index in [1.54, 1.807) is 0 Å². The maximum atomic E-state index is 2.47. The van der Waals surface area contributed by atoms with Gasteiger partial charge in [-0.15, -0.1) is 11.3 Å². The van der Waals surface area contributed by atoms with Crippen LogP contribution in [0.3, 0.4) is 0 Å². The molecule has 10 rings (SSSR count). The van der Waals surface area contributed by atoms with Crippen molar-refractivity contribution in [3.63, 3.8) is 0 Å². The Morgan fingerprint density at radius 2 is 0.943 bits per heavy atom. The van der Waals surface area contributed by atoms with Gasteiger partial charge in [0.15, 0.2) is 0 Å². The number of nitrogens with zero attached hydrogens (tertiary/aromatic N) is 1. The molecule has 1 nitrogen and oxygen atoms in total. The first-order valence-electron chi connectivity index (χ1n) is 18.3. The highest BCUT2D eigenvalue weighted by molar-refractivity contribution is 7.26. The number of anilines is 3. The van der Waals surface area contributed by atoms with Crippen molar-refractivity contribution in [2.75, 3.05) is 4.90 Å². The Hall–Kier alpha value is -6.22. The van der Waals surface area contributed by atoms with Crippen molar-refractivity contribution in [1.29, 1.82) is 0 Å². The minimum absolute atomic E-state index is 0.0959. The van der Waals surface area contributed by atoms with Gasteiger partial charge in [0.05, 0.1) is 10.4 Å². The molecule has 9 aromatic rings. The minimum Gasteiger partial charge on any atom is -0.309 e. The summed E-state index contributed by atoms with van der Waals surface area (Å²) < 4.78 is 2.60. The van der Waals surface area contributed by atoms with Crippen molar-refractivity contribution in [3.8, 4) is 44.5 Å². The van der Waals surface area contributed by atoms with Crippen LogP contribution in [0, 0.1) is 0 Å². The van der Waals surface area contributed by atoms with Crippen LogP contribution >= 0.6 is 11.3 Å². The Labute approximate surface area is 315 Å². The molecule has 8 aromatic carbocycles. The molecule has 1 heterocycles. The van der Waals surface area contributed by atoms with Gasteiger partial charge in [0, 0.05) is 32.3 Å². The first-order chi connectivity index (χ1) is 26.0. The lowest BCUT2D eigenvalue weighted by molar-refractivity contribution is 0.660. The predicted octanol–water partition coefficient (Wildman–Crippen LogP) is 14.8. The van der Waals surface area contributed by atoms with Gasteiger partial charge < -0.3 is 4.90 Å². The van der Waals surface area contributed by atoms with Crippen molar-refractivity contribution in [2.24, 2.45) is 0 Å². The van der Waals surface area contributed by atoms with Crippen molar-refractivity contribution in [2.45, 2.75) is 19.3 Å². The van der Waals surface area contributed by atoms with Crippen LogP contribution in [-0.2, 0) is 5.41 Å². The molecule has 0 bridgehead atoms. The average Bonchev–Trinajstić information content (AvgIpc) is 3.71. The number of rotatable bonds is 6. The Kier molecular flexibility index (Phi) is 7.42. The molecular weight excluding hydrogens is 659 g/mol. The van der Waals surface area contributed by atoms with Crippen LogP contribution in [0.5, 0.6) is 0 Å². The van der Waals surface area contributed by atoms with E-state index in [4.69, 9.17) is 0 Å². The van der Waals surface area contributed by atoms with Gasteiger partial charge in [0.25, 0.3) is 0 Å². The third kappa shape index (κ3) is 5.29. The molecule has 53 heavy (non-hydrogen) atoms. The molecule has 2 heteroatoms. The van der Waals surface area contributed by atoms with E-state index in [9.17, 15) is 0 Å². The van der Waals surface area contributed by atoms with Gasteiger partial charge in [-0.25, -0.2) is 0 Å². The predicted molar refractivity (Wildman–Crippen MR) is 228 cm³/mol. The summed E-state index contributed by atoms with van der Waals surface area (Å²) in [7, 11) is 0. The molecule has 0 saturated carbocycles. The standard InChI is InChI=1S/C51H37NS/c1-51(2)46-21-11-9-18-42(46)43-29-28-41(33-47(43)51)52(48-22-13-20-45-44-19-10-12-23-49(44)53-50(45)48)40-26-24-36(25-27-40)39-31-37(34-14-5-3-6-15-34)30-38(32-39)35-16-7-4-8-17-35/h3-33H,1-2H3. The van der Waals surface area contributed by atoms with E-state index in [1.165, 1.54) is 87.2 Å². The second kappa shape index (κ2) is 12.5. The number of hydrogen-bond donors (Lipinski definition) is 0. The molecular formula is C51H37NS. The SMILES string of the molecule is CC1(C)c2ccccc2-c2ccc(N(c3ccc(-c4cc(-c5ccccc5)cc(-c5ccccc5)c4)cc3)c3cccc4c3sc3ccccc34)cc21. The molecule has 0 spiro atoms. The van der Waals surface area contributed by atoms with Crippen LogP contribution in [0.4, 0.5) is 17.1 Å². The van der Waals surface area contributed by atoms with Crippen LogP contribution in [-0.4, -0.2) is 0 Å². The number of hydrogen-bond acceptors (Lipinski definition) is 2. The van der Waals surface area contributed by atoms with Gasteiger partial charge in [-0.1, -0.05) is 147 Å². The Balaban J connectivity index is 1.14. The first-order valence-corrected chi connectivity index (χ1v) is 19.2. The van der Waals surface area contributed by atoms with E-state index in [-0.39, 0.29) is 5.41 Å². The van der Waals surface area contributed by atoms with Crippen molar-refractivity contribution in [3.05, 3.63) is 199 Å². The molecule has 0 unspecified atom stereocenters. The van der Waals surface area contributed by atoms with Crippen molar-refractivity contribution < 1.29 is 0 Å². The molecule has 0 N–H and O–H groups in total. The quantitative estimate of drug-likeness (QED) is 0.167. The fourth-order valence-electron chi connectivity index (χ4n) is 8.36. The molecule has 0 aliphatic heterocycles. The third-order valence-corrected chi connectivity index (χ3v) is 12.3. The van der Waals surface area contributed by atoms with Crippen molar-refractivity contribution >= 4 is 48.6 Å². The van der Waals surface area contributed by atoms with Gasteiger partial charge in [0.2, 0.25) is 0 Å². The van der Waals surface area contributed by atoms with E-state index in [0.29, 0.717) is 0 Å². The molecule has 1 aliphatic rings. The van der Waals surface area contributed by atoms with Gasteiger partial charge in [-0.3, -0.25) is 0 Å². The Morgan fingerprint density at radius 3 is 1.64 bits per heavy atom. The highest BCUT2D eigenvalue weighted by Crippen LogP contribution is 2.52. The van der Waals surface area contributed by atoms with Crippen LogP contribution in [0.1, 0.15) is 25.0 Å². The summed E-state index contributed by atoms with van der Waals surface area (Å²) in [5.41, 5.74) is 16.1. The summed E-state index contributed by atoms with van der Waals surface area (Å²) in [5.74, 6) is 0. The fourth-order valence-corrected chi connectivity index (χ4v) is 9.57. The summed E-state index contributed by atoms with van der Waals surface area (Å²) in [5, 5.41) is 2.60. The maximum Gasteiger partial charge on any atom is 0.0640 e. The Morgan fingerprint density at radius 1 is 0.396 bits per heavy atom. The zero-order chi connectivity index (χ0) is 35.5. The molecule has 0 fully saturated rings. The largest absolute Gasteiger partial charge is 0.309 e. The van der Waals surface area contributed by atoms with E-state index in [2.05, 4.69) is 207 Å². The summed E-state index contributed by atoms with van der Waals surface area (Å²) in [4.78, 5) is 2.47. The smallest absolute Gasteiger partial charge is 0.0640 e. The molecule has 0 amide bonds. The second-order valence-electron chi connectivity index (χ2n) is 14.6. The molecule has 0 saturated heterocycles. The van der Waals surface area contributed by atoms with Gasteiger partial charge in [-0.2, -0.15) is 0 Å². The lowest BCUT2D eigenvalue weighted by Crippen LogP contribution is -2.16. The summed E-state index contributed by atoms with van der Waals surface area (Å²) in [6.07, 6.45) is 0. The zero-order valence-corrected chi connectivity index (χ0v) is 30.6. The normalized spacial score (nSPS) is 12.9. The Bertz CT molecular complexity index is 2730. The fraction of sp³-hybridized carbons (Fsp3) is 0.0588. The van der Waals surface area contributed by atoms with Gasteiger partial charge in [0.1, 0.15) is 0 Å². The first kappa shape index (κ1) is 31.5. The number of thiophene rings is 1. The molecule has 0 radical (unpaired) electrons. The lowest BCUT2D eigenvalue weighted by atomic mass is 9.82. The van der Waals surface area contributed by atoms with E-state index < -0.39 is 0 Å². The molecule has 0 atom stereocenters. The topological polar surface area (TPSA) is 3.24 Å². The van der Waals surface area contributed by atoms with Crippen LogP contribution in [0.15, 0.2) is 188 Å². The van der Waals surface area contributed by atoms with Gasteiger partial charge in [-0.05, 0) is 110 Å². The molecule has 252 valence electrons. The van der Waals surface area contributed by atoms with E-state index in [0.717, 1.165) is 5.69 Å². The minimum atomic E-state index is -0.0959. The number of benzene rings is 8. The summed E-state index contributed by atoms with van der Waals surface area (Å²) >= 11 is 1.88. The van der Waals surface area contributed by atoms with Crippen LogP contribution in [0.2, 0.25) is 0 Å². The lowest BCUT2D eigenvalue weighted by Gasteiger charge is -2.28. The summed E-state index contributed by atoms with van der Waals surface area (Å²) in [6, 6.07) is 69.1. The van der Waals surface area contributed by atoms with Gasteiger partial charge >= 0.3 is 0 Å².